The monoisotopic (exact) mass is 519 g/mol. The predicted octanol–water partition coefficient (Wildman–Crippen LogP) is 2.91. The van der Waals surface area contributed by atoms with Crippen LogP contribution in [0.2, 0.25) is 0 Å². The summed E-state index contributed by atoms with van der Waals surface area (Å²) >= 11 is 0. The van der Waals surface area contributed by atoms with Crippen LogP contribution < -0.4 is 9.04 Å². The lowest BCUT2D eigenvalue weighted by Crippen LogP contribution is -2.46. The van der Waals surface area contributed by atoms with Gasteiger partial charge in [0.1, 0.15) is 12.3 Å². The number of hydrogen-bond donors (Lipinski definition) is 0. The number of nitro benzene ring substituents is 1. The number of nitro groups is 1. The van der Waals surface area contributed by atoms with Crippen LogP contribution in [-0.4, -0.2) is 63.5 Å². The SMILES string of the molecule is CCOC(=O)C1CCN(C(=O)CN(c2ccc(OC)cc2)S(=O)(=O)c2ccc(C)c([N+](=O)[O-])c2)CC1. The van der Waals surface area contributed by atoms with Crippen molar-refractivity contribution in [2.24, 2.45) is 5.92 Å². The quantitative estimate of drug-likeness (QED) is 0.280. The summed E-state index contributed by atoms with van der Waals surface area (Å²) in [7, 11) is -2.87. The number of sulfonamides is 1. The molecule has 0 atom stereocenters. The smallest absolute Gasteiger partial charge is 0.309 e. The molecular weight excluding hydrogens is 490 g/mol. The highest BCUT2D eigenvalue weighted by Crippen LogP contribution is 2.29. The number of anilines is 1. The molecule has 2 aromatic carbocycles. The molecule has 194 valence electrons. The van der Waals surface area contributed by atoms with Crippen molar-refractivity contribution < 1.29 is 32.4 Å². The molecule has 1 heterocycles. The molecule has 3 rings (SSSR count). The lowest BCUT2D eigenvalue weighted by atomic mass is 9.97. The van der Waals surface area contributed by atoms with Gasteiger partial charge in [-0.15, -0.1) is 0 Å². The van der Waals surface area contributed by atoms with Gasteiger partial charge in [0, 0.05) is 24.7 Å². The molecule has 0 unspecified atom stereocenters. The van der Waals surface area contributed by atoms with Gasteiger partial charge in [0.05, 0.1) is 35.1 Å². The topological polar surface area (TPSA) is 136 Å². The van der Waals surface area contributed by atoms with E-state index in [-0.39, 0.29) is 47.9 Å². The molecule has 0 radical (unpaired) electrons. The van der Waals surface area contributed by atoms with E-state index in [4.69, 9.17) is 9.47 Å². The van der Waals surface area contributed by atoms with Gasteiger partial charge in [-0.2, -0.15) is 0 Å². The van der Waals surface area contributed by atoms with Crippen molar-refractivity contribution in [1.29, 1.82) is 0 Å². The van der Waals surface area contributed by atoms with Crippen molar-refractivity contribution in [2.45, 2.75) is 31.6 Å². The fourth-order valence-corrected chi connectivity index (χ4v) is 5.42. The third-order valence-corrected chi connectivity index (χ3v) is 7.84. The van der Waals surface area contributed by atoms with Crippen molar-refractivity contribution in [1.82, 2.24) is 4.90 Å². The normalized spacial score (nSPS) is 14.2. The Bertz CT molecular complexity index is 1220. The maximum atomic E-state index is 13.6. The number of hydrogen-bond acceptors (Lipinski definition) is 8. The van der Waals surface area contributed by atoms with E-state index in [0.717, 1.165) is 10.4 Å². The van der Waals surface area contributed by atoms with E-state index >= 15 is 0 Å². The van der Waals surface area contributed by atoms with Gasteiger partial charge in [0.15, 0.2) is 0 Å². The number of nitrogens with zero attached hydrogens (tertiary/aromatic N) is 3. The van der Waals surface area contributed by atoms with E-state index in [1.807, 2.05) is 0 Å². The van der Waals surface area contributed by atoms with Crippen molar-refractivity contribution >= 4 is 33.3 Å². The first kappa shape index (κ1) is 26.9. The van der Waals surface area contributed by atoms with Crippen LogP contribution in [0.1, 0.15) is 25.3 Å². The number of aryl methyl sites for hydroxylation is 1. The first-order chi connectivity index (χ1) is 17.1. The molecule has 0 bridgehead atoms. The van der Waals surface area contributed by atoms with Crippen molar-refractivity contribution in [3.05, 3.63) is 58.1 Å². The zero-order valence-electron chi connectivity index (χ0n) is 20.4. The van der Waals surface area contributed by atoms with Gasteiger partial charge in [0.2, 0.25) is 5.91 Å². The Balaban J connectivity index is 1.90. The minimum atomic E-state index is -4.35. The Morgan fingerprint density at radius 3 is 2.33 bits per heavy atom. The maximum Gasteiger partial charge on any atom is 0.309 e. The highest BCUT2D eigenvalue weighted by atomic mass is 32.2. The zero-order chi connectivity index (χ0) is 26.5. The fourth-order valence-electron chi connectivity index (χ4n) is 3.98. The molecule has 0 N–H and O–H groups in total. The molecule has 1 aliphatic rings. The van der Waals surface area contributed by atoms with E-state index in [9.17, 15) is 28.1 Å². The van der Waals surface area contributed by atoms with E-state index in [0.29, 0.717) is 24.2 Å². The highest BCUT2D eigenvalue weighted by molar-refractivity contribution is 7.92. The number of rotatable bonds is 9. The molecule has 1 fully saturated rings. The van der Waals surface area contributed by atoms with E-state index in [1.165, 1.54) is 43.2 Å². The molecule has 0 aromatic heterocycles. The highest BCUT2D eigenvalue weighted by Gasteiger charge is 2.33. The summed E-state index contributed by atoms with van der Waals surface area (Å²) in [6.45, 7) is 3.58. The Morgan fingerprint density at radius 2 is 1.78 bits per heavy atom. The van der Waals surface area contributed by atoms with E-state index in [1.54, 1.807) is 19.1 Å². The number of likely N-dealkylation sites (tertiary alicyclic amines) is 1. The van der Waals surface area contributed by atoms with Gasteiger partial charge in [-0.25, -0.2) is 8.42 Å². The number of amides is 1. The van der Waals surface area contributed by atoms with Crippen LogP contribution >= 0.6 is 0 Å². The minimum Gasteiger partial charge on any atom is -0.497 e. The Hall–Kier alpha value is -3.67. The number of methoxy groups -OCH3 is 1. The number of esters is 1. The first-order valence-electron chi connectivity index (χ1n) is 11.4. The Labute approximate surface area is 209 Å². The predicted molar refractivity (Wildman–Crippen MR) is 131 cm³/mol. The maximum absolute atomic E-state index is 13.6. The summed E-state index contributed by atoms with van der Waals surface area (Å²) in [4.78, 5) is 37.2. The number of piperidine rings is 1. The largest absolute Gasteiger partial charge is 0.497 e. The number of carbonyl (C=O) groups excluding carboxylic acids is 2. The molecule has 1 aliphatic heterocycles. The van der Waals surface area contributed by atoms with Gasteiger partial charge in [-0.3, -0.25) is 24.0 Å². The molecule has 1 amide bonds. The third kappa shape index (κ3) is 5.93. The van der Waals surface area contributed by atoms with Crippen LogP contribution in [0, 0.1) is 23.0 Å². The summed E-state index contributed by atoms with van der Waals surface area (Å²) in [6, 6.07) is 9.76. The standard InChI is InChI=1S/C24H29N3O8S/c1-4-35-24(29)18-11-13-25(14-12-18)23(28)16-26(19-6-8-20(34-3)9-7-19)36(32,33)21-10-5-17(2)22(15-21)27(30)31/h5-10,15,18H,4,11-14,16H2,1-3H3. The number of benzene rings is 2. The van der Waals surface area contributed by atoms with Gasteiger partial charge >= 0.3 is 5.97 Å². The van der Waals surface area contributed by atoms with Crippen molar-refractivity contribution in [3.63, 3.8) is 0 Å². The molecular formula is C24H29N3O8S. The Morgan fingerprint density at radius 1 is 1.14 bits per heavy atom. The molecule has 1 saturated heterocycles. The average molecular weight is 520 g/mol. The van der Waals surface area contributed by atoms with Gasteiger partial charge in [-0.1, -0.05) is 6.07 Å². The average Bonchev–Trinajstić information content (AvgIpc) is 2.87. The van der Waals surface area contributed by atoms with E-state index < -0.39 is 27.4 Å². The second kappa shape index (κ2) is 11.4. The molecule has 0 spiro atoms. The van der Waals surface area contributed by atoms with Crippen LogP contribution in [0.25, 0.3) is 0 Å². The van der Waals surface area contributed by atoms with Crippen molar-refractivity contribution in [2.75, 3.05) is 37.7 Å². The molecule has 36 heavy (non-hydrogen) atoms. The van der Waals surface area contributed by atoms with Crippen LogP contribution in [0.5, 0.6) is 5.75 Å². The minimum absolute atomic E-state index is 0.203. The summed E-state index contributed by atoms with van der Waals surface area (Å²) in [5, 5.41) is 11.4. The lowest BCUT2D eigenvalue weighted by molar-refractivity contribution is -0.385. The number of carbonyl (C=O) groups is 2. The molecule has 12 heteroatoms. The summed E-state index contributed by atoms with van der Waals surface area (Å²) in [5.74, 6) is -0.552. The van der Waals surface area contributed by atoms with Crippen molar-refractivity contribution in [3.8, 4) is 5.75 Å². The molecule has 2 aromatic rings. The second-order valence-corrected chi connectivity index (χ2v) is 10.2. The van der Waals surface area contributed by atoms with Gasteiger partial charge in [0.25, 0.3) is 15.7 Å². The Kier molecular flexibility index (Phi) is 8.51. The summed E-state index contributed by atoms with van der Waals surface area (Å²) in [6.07, 6.45) is 0.841. The van der Waals surface area contributed by atoms with Gasteiger partial charge < -0.3 is 14.4 Å². The van der Waals surface area contributed by atoms with Crippen LogP contribution in [0.4, 0.5) is 11.4 Å². The second-order valence-electron chi connectivity index (χ2n) is 8.32. The lowest BCUT2D eigenvalue weighted by Gasteiger charge is -2.33. The third-order valence-electron chi connectivity index (χ3n) is 6.07. The van der Waals surface area contributed by atoms with Crippen LogP contribution in [0.3, 0.4) is 0 Å². The number of ether oxygens (including phenoxy) is 2. The summed E-state index contributed by atoms with van der Waals surface area (Å²) in [5.41, 5.74) is 0.183. The molecule has 0 saturated carbocycles. The fraction of sp³-hybridized carbons (Fsp3) is 0.417. The summed E-state index contributed by atoms with van der Waals surface area (Å²) < 4.78 is 38.4. The van der Waals surface area contributed by atoms with E-state index in [2.05, 4.69) is 0 Å². The molecule has 11 nitrogen and oxygen atoms in total. The van der Waals surface area contributed by atoms with Crippen LogP contribution in [0.15, 0.2) is 47.4 Å². The zero-order valence-corrected chi connectivity index (χ0v) is 21.2. The van der Waals surface area contributed by atoms with Crippen LogP contribution in [-0.2, 0) is 24.3 Å². The first-order valence-corrected chi connectivity index (χ1v) is 12.9. The van der Waals surface area contributed by atoms with Gasteiger partial charge in [-0.05, 0) is 57.0 Å². The molecule has 0 aliphatic carbocycles.